The monoisotopic (exact) mass is 440 g/mol. The second kappa shape index (κ2) is 8.86. The number of benzene rings is 1. The number of nitrogens with zero attached hydrogens (tertiary/aromatic N) is 2. The molecule has 1 aromatic heterocycles. The smallest absolute Gasteiger partial charge is 0.422 e. The Balaban J connectivity index is 1.70. The summed E-state index contributed by atoms with van der Waals surface area (Å²) < 4.78 is 55.3. The molecule has 2 aromatic rings. The number of carbonyl (C=O) groups excluding carboxylic acids is 2. The summed E-state index contributed by atoms with van der Waals surface area (Å²) in [5.41, 5.74) is 0.796. The van der Waals surface area contributed by atoms with Gasteiger partial charge in [0.1, 0.15) is 5.69 Å². The number of anilines is 1. The molecule has 1 atom stereocenters. The molecule has 7 nitrogen and oxygen atoms in total. The van der Waals surface area contributed by atoms with Crippen molar-refractivity contribution >= 4 is 17.8 Å². The quantitative estimate of drug-likeness (QED) is 0.641. The van der Waals surface area contributed by atoms with Crippen LogP contribution in [0.2, 0.25) is 0 Å². The lowest BCUT2D eigenvalue weighted by atomic mass is 10.1. The van der Waals surface area contributed by atoms with Crippen molar-refractivity contribution in [1.82, 2.24) is 15.3 Å². The number of rotatable bonds is 7. The maximum atomic E-state index is 13.8. The molecule has 11 heteroatoms. The Morgan fingerprint density at radius 1 is 1.23 bits per heavy atom. The second-order valence-corrected chi connectivity index (χ2v) is 7.27. The van der Waals surface area contributed by atoms with Crippen LogP contribution in [0.3, 0.4) is 0 Å². The zero-order chi connectivity index (χ0) is 22.8. The van der Waals surface area contributed by atoms with E-state index in [4.69, 9.17) is 0 Å². The Hall–Kier alpha value is -3.24. The Morgan fingerprint density at radius 2 is 1.94 bits per heavy atom. The summed E-state index contributed by atoms with van der Waals surface area (Å²) in [5, 5.41) is 5.21. The summed E-state index contributed by atoms with van der Waals surface area (Å²) in [6.45, 7) is 1.57. The number of aryl methyl sites for hydroxylation is 1. The van der Waals surface area contributed by atoms with Gasteiger partial charge >= 0.3 is 6.18 Å². The maximum Gasteiger partial charge on any atom is 0.422 e. The minimum absolute atomic E-state index is 0.00102. The Kier molecular flexibility index (Phi) is 6.42. The average molecular weight is 440 g/mol. The first kappa shape index (κ1) is 22.4. The van der Waals surface area contributed by atoms with Gasteiger partial charge in [0.2, 0.25) is 11.9 Å². The largest absolute Gasteiger partial charge is 0.481 e. The van der Waals surface area contributed by atoms with Gasteiger partial charge in [0.15, 0.2) is 18.2 Å². The van der Waals surface area contributed by atoms with Crippen molar-refractivity contribution in [3.8, 4) is 5.75 Å². The molecule has 3 rings (SSSR count). The molecule has 1 aliphatic rings. The third kappa shape index (κ3) is 6.37. The van der Waals surface area contributed by atoms with Crippen LogP contribution in [-0.4, -0.2) is 34.6 Å². The lowest BCUT2D eigenvalue weighted by Gasteiger charge is -2.17. The van der Waals surface area contributed by atoms with E-state index < -0.39 is 36.3 Å². The molecule has 0 bridgehead atoms. The van der Waals surface area contributed by atoms with E-state index >= 15 is 0 Å². The average Bonchev–Trinajstić information content (AvgIpc) is 3.51. The number of aromatic nitrogens is 2. The Labute approximate surface area is 175 Å². The highest BCUT2D eigenvalue weighted by atomic mass is 19.4. The summed E-state index contributed by atoms with van der Waals surface area (Å²) in [5.74, 6) is -2.37. The Morgan fingerprint density at radius 3 is 2.58 bits per heavy atom. The summed E-state index contributed by atoms with van der Waals surface area (Å²) in [6, 6.07) is 4.12. The molecule has 1 heterocycles. The summed E-state index contributed by atoms with van der Waals surface area (Å²) in [6.07, 6.45) is -3.01. The van der Waals surface area contributed by atoms with Crippen LogP contribution in [0.1, 0.15) is 47.6 Å². The fraction of sp³-hybridized carbons (Fsp3) is 0.400. The maximum absolute atomic E-state index is 13.8. The van der Waals surface area contributed by atoms with Gasteiger partial charge in [-0.15, -0.1) is 0 Å². The minimum atomic E-state index is -4.61. The van der Waals surface area contributed by atoms with Gasteiger partial charge in [0.05, 0.1) is 6.04 Å². The zero-order valence-corrected chi connectivity index (χ0v) is 16.7. The highest BCUT2D eigenvalue weighted by molar-refractivity contribution is 5.95. The van der Waals surface area contributed by atoms with Crippen molar-refractivity contribution in [2.45, 2.75) is 38.9 Å². The van der Waals surface area contributed by atoms with Crippen LogP contribution < -0.4 is 15.4 Å². The molecule has 31 heavy (non-hydrogen) atoms. The third-order valence-electron chi connectivity index (χ3n) is 4.46. The van der Waals surface area contributed by atoms with Gasteiger partial charge < -0.3 is 10.1 Å². The first-order chi connectivity index (χ1) is 14.5. The topological polar surface area (TPSA) is 93.2 Å². The summed E-state index contributed by atoms with van der Waals surface area (Å²) >= 11 is 0. The molecular formula is C20H20F4N4O3. The van der Waals surface area contributed by atoms with Gasteiger partial charge in [-0.3, -0.25) is 14.9 Å². The van der Waals surface area contributed by atoms with Crippen molar-refractivity contribution in [1.29, 1.82) is 0 Å². The van der Waals surface area contributed by atoms with E-state index in [-0.39, 0.29) is 23.5 Å². The van der Waals surface area contributed by atoms with Crippen LogP contribution in [0.15, 0.2) is 24.3 Å². The number of ether oxygens (including phenoxy) is 1. The van der Waals surface area contributed by atoms with Crippen LogP contribution in [-0.2, 0) is 4.79 Å². The molecule has 1 fully saturated rings. The number of alkyl halides is 3. The fourth-order valence-corrected chi connectivity index (χ4v) is 2.71. The lowest BCUT2D eigenvalue weighted by molar-refractivity contribution is -0.153. The molecule has 0 spiro atoms. The van der Waals surface area contributed by atoms with E-state index in [0.29, 0.717) is 11.3 Å². The summed E-state index contributed by atoms with van der Waals surface area (Å²) in [4.78, 5) is 32.7. The molecule has 1 aromatic carbocycles. The van der Waals surface area contributed by atoms with Crippen LogP contribution in [0, 0.1) is 18.7 Å². The highest BCUT2D eigenvalue weighted by Gasteiger charge is 2.30. The Bertz CT molecular complexity index is 993. The van der Waals surface area contributed by atoms with Crippen LogP contribution in [0.25, 0.3) is 0 Å². The van der Waals surface area contributed by atoms with Crippen LogP contribution >= 0.6 is 0 Å². The SMILES string of the molecule is Cc1cc(C(=O)NC(C)c2ccc(F)c(OCC(F)(F)F)c2)nc(NC(=O)C2CC2)n1. The number of hydrogen-bond donors (Lipinski definition) is 2. The van der Waals surface area contributed by atoms with Gasteiger partial charge in [-0.05, 0) is 50.5 Å². The highest BCUT2D eigenvalue weighted by Crippen LogP contribution is 2.30. The molecule has 2 amide bonds. The van der Waals surface area contributed by atoms with E-state index in [2.05, 4.69) is 25.3 Å². The fourth-order valence-electron chi connectivity index (χ4n) is 2.71. The molecule has 0 radical (unpaired) electrons. The third-order valence-corrected chi connectivity index (χ3v) is 4.46. The molecule has 1 unspecified atom stereocenters. The number of carbonyl (C=O) groups is 2. The van der Waals surface area contributed by atoms with Crippen molar-refractivity contribution < 1.29 is 31.9 Å². The van der Waals surface area contributed by atoms with Crippen molar-refractivity contribution in [3.63, 3.8) is 0 Å². The summed E-state index contributed by atoms with van der Waals surface area (Å²) in [7, 11) is 0. The number of nitrogens with one attached hydrogen (secondary N) is 2. The van der Waals surface area contributed by atoms with E-state index in [0.717, 1.165) is 25.0 Å². The van der Waals surface area contributed by atoms with Gasteiger partial charge in [-0.25, -0.2) is 14.4 Å². The van der Waals surface area contributed by atoms with E-state index in [1.54, 1.807) is 13.8 Å². The van der Waals surface area contributed by atoms with Gasteiger partial charge in [0.25, 0.3) is 5.91 Å². The molecule has 0 saturated heterocycles. The van der Waals surface area contributed by atoms with E-state index in [1.807, 2.05) is 0 Å². The van der Waals surface area contributed by atoms with Crippen LogP contribution in [0.4, 0.5) is 23.5 Å². The second-order valence-electron chi connectivity index (χ2n) is 7.27. The van der Waals surface area contributed by atoms with E-state index in [9.17, 15) is 27.2 Å². The molecule has 2 N–H and O–H groups in total. The van der Waals surface area contributed by atoms with Crippen molar-refractivity contribution in [2.75, 3.05) is 11.9 Å². The lowest BCUT2D eigenvalue weighted by Crippen LogP contribution is -2.28. The van der Waals surface area contributed by atoms with Crippen molar-refractivity contribution in [2.24, 2.45) is 5.92 Å². The molecular weight excluding hydrogens is 420 g/mol. The van der Waals surface area contributed by atoms with Gasteiger partial charge in [-0.2, -0.15) is 13.2 Å². The van der Waals surface area contributed by atoms with E-state index in [1.165, 1.54) is 12.1 Å². The molecule has 0 aliphatic heterocycles. The normalized spacial score (nSPS) is 14.6. The number of hydrogen-bond acceptors (Lipinski definition) is 5. The van der Waals surface area contributed by atoms with Gasteiger partial charge in [-0.1, -0.05) is 6.07 Å². The molecule has 1 saturated carbocycles. The number of halogens is 4. The predicted octanol–water partition coefficient (Wildman–Crippen LogP) is 3.70. The molecule has 1 aliphatic carbocycles. The molecule has 166 valence electrons. The standard InChI is InChI=1S/C20H20F4N4O3/c1-10-7-15(27-19(25-10)28-17(29)12-3-4-12)18(30)26-11(2)13-5-6-14(21)16(8-13)31-9-20(22,23)24/h5-8,11-12H,3-4,9H2,1-2H3,(H,26,30)(H,25,27,28,29). The van der Waals surface area contributed by atoms with Crippen molar-refractivity contribution in [3.05, 3.63) is 47.0 Å². The van der Waals surface area contributed by atoms with Gasteiger partial charge in [0, 0.05) is 11.6 Å². The number of amides is 2. The van der Waals surface area contributed by atoms with Crippen LogP contribution in [0.5, 0.6) is 5.75 Å². The first-order valence-electron chi connectivity index (χ1n) is 9.48. The predicted molar refractivity (Wildman–Crippen MR) is 102 cm³/mol. The zero-order valence-electron chi connectivity index (χ0n) is 16.7. The first-order valence-corrected chi connectivity index (χ1v) is 9.48. The minimum Gasteiger partial charge on any atom is -0.481 e.